The molecule has 2 amide bonds. The highest BCUT2D eigenvalue weighted by Crippen LogP contribution is 2.31. The van der Waals surface area contributed by atoms with E-state index < -0.39 is 22.9 Å². The lowest BCUT2D eigenvalue weighted by atomic mass is 10.1. The van der Waals surface area contributed by atoms with E-state index in [9.17, 15) is 19.7 Å². The Labute approximate surface area is 201 Å². The monoisotopic (exact) mass is 489 g/mol. The van der Waals surface area contributed by atoms with Gasteiger partial charge in [0.25, 0.3) is 0 Å². The molecule has 1 aromatic heterocycles. The number of amides is 2. The quantitative estimate of drug-likeness (QED) is 0.466. The van der Waals surface area contributed by atoms with Crippen LogP contribution in [0.4, 0.5) is 26.4 Å². The van der Waals surface area contributed by atoms with E-state index in [1.165, 1.54) is 24.0 Å². The Hall–Kier alpha value is -3.67. The molecule has 0 unspecified atom stereocenters. The van der Waals surface area contributed by atoms with E-state index in [1.54, 1.807) is 18.2 Å². The van der Waals surface area contributed by atoms with E-state index in [0.717, 1.165) is 0 Å². The van der Waals surface area contributed by atoms with Crippen molar-refractivity contribution >= 4 is 29.3 Å². The summed E-state index contributed by atoms with van der Waals surface area (Å²) in [7, 11) is 0. The highest BCUT2D eigenvalue weighted by molar-refractivity contribution is 5.90. The summed E-state index contributed by atoms with van der Waals surface area (Å²) in [5.74, 6) is -0.447. The molecule has 11 nitrogen and oxygen atoms in total. The Kier molecular flexibility index (Phi) is 6.92. The van der Waals surface area contributed by atoms with Crippen LogP contribution in [-0.4, -0.2) is 66.2 Å². The number of hydrogen-bond acceptors (Lipinski definition) is 8. The number of nitrogens with zero attached hydrogens (tertiary/aromatic N) is 4. The second-order valence-electron chi connectivity index (χ2n) is 8.96. The predicted octanol–water partition coefficient (Wildman–Crippen LogP) is 2.89. The molecule has 0 aliphatic carbocycles. The summed E-state index contributed by atoms with van der Waals surface area (Å²) >= 11 is 0. The molecule has 1 N–H and O–H groups in total. The van der Waals surface area contributed by atoms with Crippen molar-refractivity contribution < 1.29 is 28.1 Å². The molecule has 35 heavy (non-hydrogen) atoms. The number of rotatable bonds is 7. The molecule has 0 saturated carbocycles. The molecule has 2 aliphatic rings. The summed E-state index contributed by atoms with van der Waals surface area (Å²) < 4.78 is 25.7. The van der Waals surface area contributed by atoms with Crippen LogP contribution in [0.25, 0.3) is 0 Å². The number of nitrogens with one attached hydrogen (secondary N) is 1. The molecule has 2 aromatic rings. The van der Waals surface area contributed by atoms with Crippen molar-refractivity contribution in [2.75, 3.05) is 36.0 Å². The topological polar surface area (TPSA) is 121 Å². The van der Waals surface area contributed by atoms with Gasteiger partial charge in [-0.15, -0.1) is 0 Å². The second-order valence-corrected chi connectivity index (χ2v) is 8.96. The third-order valence-corrected chi connectivity index (χ3v) is 6.30. The van der Waals surface area contributed by atoms with E-state index in [4.69, 9.17) is 9.15 Å². The molecule has 188 valence electrons. The van der Waals surface area contributed by atoms with Crippen LogP contribution in [0, 0.1) is 15.9 Å². The minimum atomic E-state index is -0.582. The molecule has 0 radical (unpaired) electrons. The number of carbonyl (C=O) groups is 2. The number of furan rings is 1. The molecule has 2 saturated heterocycles. The largest absolute Gasteiger partial charge is 0.442 e. The predicted molar refractivity (Wildman–Crippen MR) is 125 cm³/mol. The summed E-state index contributed by atoms with van der Waals surface area (Å²) in [5, 5.41) is 13.5. The van der Waals surface area contributed by atoms with Crippen LogP contribution in [0.5, 0.6) is 0 Å². The summed E-state index contributed by atoms with van der Waals surface area (Å²) in [5.41, 5.74) is 0.823. The van der Waals surface area contributed by atoms with Crippen molar-refractivity contribution in [1.82, 2.24) is 10.2 Å². The Morgan fingerprint density at radius 3 is 2.51 bits per heavy atom. The van der Waals surface area contributed by atoms with Gasteiger partial charge in [-0.1, -0.05) is 0 Å². The van der Waals surface area contributed by atoms with Gasteiger partial charge in [-0.25, -0.2) is 9.18 Å². The molecule has 2 aliphatic heterocycles. The number of benzene rings is 1. The first kappa shape index (κ1) is 24.5. The molecule has 4 rings (SSSR count). The zero-order valence-corrected chi connectivity index (χ0v) is 19.8. The fourth-order valence-electron chi connectivity index (χ4n) is 4.61. The van der Waals surface area contributed by atoms with Crippen molar-refractivity contribution in [3.05, 3.63) is 52.0 Å². The van der Waals surface area contributed by atoms with Crippen LogP contribution in [-0.2, 0) is 16.1 Å². The Balaban J connectivity index is 1.41. The third-order valence-electron chi connectivity index (χ3n) is 6.30. The molecule has 12 heteroatoms. The van der Waals surface area contributed by atoms with Gasteiger partial charge in [0.05, 0.1) is 37.1 Å². The Bertz CT molecular complexity index is 1110. The Morgan fingerprint density at radius 1 is 1.20 bits per heavy atom. The van der Waals surface area contributed by atoms with E-state index >= 15 is 4.39 Å². The van der Waals surface area contributed by atoms with E-state index in [0.29, 0.717) is 36.8 Å². The number of anilines is 2. The zero-order chi connectivity index (χ0) is 25.3. The van der Waals surface area contributed by atoms with Crippen LogP contribution in [0.3, 0.4) is 0 Å². The maximum absolute atomic E-state index is 15.2. The summed E-state index contributed by atoms with van der Waals surface area (Å²) in [6.45, 7) is 7.35. The SMILES string of the molecule is CC(=O)NC[C@H]1CN(c2ccc(N3C[C@@H](C)N(Cc4ccc([N+](=O)[O-])o4)[C@@H](C)C3)c(F)c2)C(=O)O1. The van der Waals surface area contributed by atoms with Gasteiger partial charge in [0, 0.05) is 32.1 Å². The fourth-order valence-corrected chi connectivity index (χ4v) is 4.61. The maximum atomic E-state index is 15.2. The van der Waals surface area contributed by atoms with Crippen molar-refractivity contribution in [1.29, 1.82) is 0 Å². The van der Waals surface area contributed by atoms with Gasteiger partial charge in [-0.3, -0.25) is 24.7 Å². The van der Waals surface area contributed by atoms with Crippen LogP contribution in [0.2, 0.25) is 0 Å². The minimum Gasteiger partial charge on any atom is -0.442 e. The molecular weight excluding hydrogens is 461 g/mol. The van der Waals surface area contributed by atoms with Gasteiger partial charge in [0.1, 0.15) is 22.6 Å². The average Bonchev–Trinajstić information content (AvgIpc) is 3.41. The minimum absolute atomic E-state index is 0.0325. The lowest BCUT2D eigenvalue weighted by Crippen LogP contribution is -2.56. The van der Waals surface area contributed by atoms with Crippen LogP contribution in [0.1, 0.15) is 26.5 Å². The van der Waals surface area contributed by atoms with Crippen LogP contribution < -0.4 is 15.1 Å². The number of piperazine rings is 1. The summed E-state index contributed by atoms with van der Waals surface area (Å²) in [6.07, 6.45) is -1.08. The normalized spacial score (nSPS) is 22.9. The van der Waals surface area contributed by atoms with Crippen molar-refractivity contribution in [2.24, 2.45) is 0 Å². The molecule has 3 atom stereocenters. The van der Waals surface area contributed by atoms with E-state index in [1.807, 2.05) is 18.7 Å². The smallest absolute Gasteiger partial charge is 0.433 e. The first-order valence-electron chi connectivity index (χ1n) is 11.4. The maximum Gasteiger partial charge on any atom is 0.433 e. The van der Waals surface area contributed by atoms with Gasteiger partial charge >= 0.3 is 12.0 Å². The summed E-state index contributed by atoms with van der Waals surface area (Å²) in [4.78, 5) is 39.1. The first-order chi connectivity index (χ1) is 16.6. The third kappa shape index (κ3) is 5.37. The summed E-state index contributed by atoms with van der Waals surface area (Å²) in [6, 6.07) is 7.67. The van der Waals surface area contributed by atoms with Gasteiger partial charge in [-0.05, 0) is 38.1 Å². The number of carbonyl (C=O) groups excluding carboxylic acids is 2. The number of nitro groups is 1. The average molecular weight is 490 g/mol. The first-order valence-corrected chi connectivity index (χ1v) is 11.4. The standard InChI is InChI=1S/C23H28FN5O6/c1-14-10-26(11-15(2)27(14)12-18-5-7-22(34-18)29(32)33)21-6-4-17(8-20(21)24)28-13-19(35-23(28)31)9-25-16(3)30/h4-8,14-15,19H,9-13H2,1-3H3,(H,25,30)/t14-,15+,19-/m0/s1. The van der Waals surface area contributed by atoms with E-state index in [2.05, 4.69) is 10.2 Å². The molecule has 0 spiro atoms. The van der Waals surface area contributed by atoms with Gasteiger partial charge < -0.3 is 19.4 Å². The van der Waals surface area contributed by atoms with Crippen molar-refractivity contribution in [3.8, 4) is 0 Å². The van der Waals surface area contributed by atoms with Crippen molar-refractivity contribution in [3.63, 3.8) is 0 Å². The van der Waals surface area contributed by atoms with Crippen molar-refractivity contribution in [2.45, 2.75) is 45.5 Å². The van der Waals surface area contributed by atoms with Crippen LogP contribution in [0.15, 0.2) is 34.7 Å². The second kappa shape index (κ2) is 9.90. The number of cyclic esters (lactones) is 1. The molecule has 3 heterocycles. The molecule has 0 bridgehead atoms. The lowest BCUT2D eigenvalue weighted by molar-refractivity contribution is -0.402. The Morgan fingerprint density at radius 2 is 1.91 bits per heavy atom. The van der Waals surface area contributed by atoms with Gasteiger partial charge in [0.15, 0.2) is 0 Å². The van der Waals surface area contributed by atoms with Gasteiger partial charge in [-0.2, -0.15) is 0 Å². The highest BCUT2D eigenvalue weighted by Gasteiger charge is 2.34. The van der Waals surface area contributed by atoms with E-state index in [-0.39, 0.29) is 37.0 Å². The number of ether oxygens (including phenoxy) is 1. The fraction of sp³-hybridized carbons (Fsp3) is 0.478. The zero-order valence-electron chi connectivity index (χ0n) is 19.8. The molecular formula is C23H28FN5O6. The number of hydrogen-bond donors (Lipinski definition) is 1. The molecule has 2 fully saturated rings. The molecule has 1 aromatic carbocycles. The van der Waals surface area contributed by atoms with Crippen LogP contribution >= 0.6 is 0 Å². The lowest BCUT2D eigenvalue weighted by Gasteiger charge is -2.45. The van der Waals surface area contributed by atoms with Gasteiger partial charge in [0.2, 0.25) is 5.91 Å². The number of halogens is 1. The highest BCUT2D eigenvalue weighted by atomic mass is 19.1.